The number of carboxylic acids is 1. The lowest BCUT2D eigenvalue weighted by molar-refractivity contribution is -0.120. The van der Waals surface area contributed by atoms with Gasteiger partial charge in [-0.3, -0.25) is 0 Å². The van der Waals surface area contributed by atoms with Gasteiger partial charge >= 0.3 is 11.9 Å². The number of aryl methyl sites for hydroxylation is 1. The molecule has 1 unspecified atom stereocenters. The van der Waals surface area contributed by atoms with Crippen LogP contribution in [0, 0.1) is 6.92 Å². The number of carboxylic acid groups (broad SMARTS) is 1. The first-order valence-corrected chi connectivity index (χ1v) is 12.5. The van der Waals surface area contributed by atoms with E-state index in [4.69, 9.17) is 25.6 Å². The van der Waals surface area contributed by atoms with Crippen molar-refractivity contribution in [3.63, 3.8) is 0 Å². The Morgan fingerprint density at radius 3 is 2.69 bits per heavy atom. The predicted molar refractivity (Wildman–Crippen MR) is 135 cm³/mol. The lowest BCUT2D eigenvalue weighted by Gasteiger charge is -2.21. The van der Waals surface area contributed by atoms with E-state index in [1.54, 1.807) is 6.07 Å². The van der Waals surface area contributed by atoms with E-state index in [0.717, 1.165) is 36.6 Å². The van der Waals surface area contributed by atoms with E-state index in [0.29, 0.717) is 27.6 Å². The topological polar surface area (TPSA) is 115 Å². The first kappa shape index (κ1) is 25.3. The van der Waals surface area contributed by atoms with E-state index in [1.807, 2.05) is 19.1 Å². The largest absolute Gasteiger partial charge is 0.478 e. The number of aliphatic hydroxyl groups excluding tert-OH is 1. The molecule has 1 atom stereocenters. The second-order valence-electron chi connectivity index (χ2n) is 9.55. The number of ether oxygens (including phenoxy) is 2. The molecule has 6 rings (SSSR count). The maximum atomic E-state index is 15.4. The Kier molecular flexibility index (Phi) is 6.04. The van der Waals surface area contributed by atoms with Crippen molar-refractivity contribution >= 4 is 17.6 Å². The number of halogens is 3. The molecule has 200 valence electrons. The van der Waals surface area contributed by atoms with E-state index >= 15 is 8.78 Å². The standard InChI is InChI=1S/C28H21ClF2N2O6/c1-13-3-2-4-18(29)22(13)23-17(24(39-33-23)14-5-6-14)12-37-21-10-9-19-25(32-21)28(30,31)26(34)16-8-7-15(27(35)36)11-20(16)38-19/h2-4,7-11,14,26,34H,5-6,12H2,1H3,(H,35,36). The summed E-state index contributed by atoms with van der Waals surface area (Å²) in [5.74, 6) is -4.94. The third-order valence-electron chi connectivity index (χ3n) is 6.86. The van der Waals surface area contributed by atoms with E-state index in [1.165, 1.54) is 12.1 Å². The molecular weight excluding hydrogens is 534 g/mol. The van der Waals surface area contributed by atoms with Gasteiger partial charge in [-0.1, -0.05) is 35.0 Å². The van der Waals surface area contributed by atoms with Crippen molar-refractivity contribution in [2.75, 3.05) is 0 Å². The van der Waals surface area contributed by atoms with Crippen LogP contribution in [0.4, 0.5) is 8.78 Å². The predicted octanol–water partition coefficient (Wildman–Crippen LogP) is 6.78. The number of carbonyl (C=O) groups is 1. The van der Waals surface area contributed by atoms with Crippen LogP contribution in [0.1, 0.15) is 63.4 Å². The van der Waals surface area contributed by atoms with E-state index in [2.05, 4.69) is 10.1 Å². The van der Waals surface area contributed by atoms with E-state index < -0.39 is 23.7 Å². The molecule has 2 N–H and O–H groups in total. The number of aromatic carboxylic acids is 1. The molecular formula is C28H21ClF2N2O6. The number of fused-ring (bicyclic) bond motifs is 2. The van der Waals surface area contributed by atoms with E-state index in [9.17, 15) is 15.0 Å². The number of aromatic nitrogens is 2. The van der Waals surface area contributed by atoms with Gasteiger partial charge in [-0.25, -0.2) is 9.78 Å². The number of aliphatic hydroxyl groups is 1. The van der Waals surface area contributed by atoms with Crippen molar-refractivity contribution in [1.29, 1.82) is 0 Å². The maximum absolute atomic E-state index is 15.4. The van der Waals surface area contributed by atoms with Crippen LogP contribution in [0.3, 0.4) is 0 Å². The Morgan fingerprint density at radius 2 is 1.97 bits per heavy atom. The van der Waals surface area contributed by atoms with Crippen LogP contribution < -0.4 is 9.47 Å². The summed E-state index contributed by atoms with van der Waals surface area (Å²) in [6.07, 6.45) is -0.453. The van der Waals surface area contributed by atoms with Gasteiger partial charge in [-0.2, -0.15) is 8.78 Å². The van der Waals surface area contributed by atoms with Gasteiger partial charge in [0.1, 0.15) is 23.8 Å². The lowest BCUT2D eigenvalue weighted by Crippen LogP contribution is -2.24. The summed E-state index contributed by atoms with van der Waals surface area (Å²) in [4.78, 5) is 15.3. The van der Waals surface area contributed by atoms with Crippen LogP contribution in [0.15, 0.2) is 53.1 Å². The molecule has 8 nitrogen and oxygen atoms in total. The molecule has 0 saturated heterocycles. The molecule has 0 radical (unpaired) electrons. The average molecular weight is 555 g/mol. The number of alkyl halides is 2. The number of rotatable bonds is 6. The van der Waals surface area contributed by atoms with Crippen LogP contribution in [-0.4, -0.2) is 26.3 Å². The Bertz CT molecular complexity index is 1600. The molecule has 4 aromatic rings. The molecule has 1 saturated carbocycles. The summed E-state index contributed by atoms with van der Waals surface area (Å²) in [6.45, 7) is 1.83. The maximum Gasteiger partial charge on any atom is 0.335 e. The van der Waals surface area contributed by atoms with Gasteiger partial charge in [-0.05, 0) is 49.6 Å². The highest BCUT2D eigenvalue weighted by Crippen LogP contribution is 2.51. The minimum absolute atomic E-state index is 0.0711. The Labute approximate surface area is 225 Å². The molecule has 0 spiro atoms. The van der Waals surface area contributed by atoms with Gasteiger partial charge in [0, 0.05) is 23.1 Å². The van der Waals surface area contributed by atoms with Crippen molar-refractivity contribution in [2.45, 2.75) is 44.3 Å². The third-order valence-corrected chi connectivity index (χ3v) is 7.17. The second kappa shape index (κ2) is 9.32. The fourth-order valence-corrected chi connectivity index (χ4v) is 4.97. The van der Waals surface area contributed by atoms with Gasteiger partial charge in [0.2, 0.25) is 5.88 Å². The van der Waals surface area contributed by atoms with Gasteiger partial charge in [0.15, 0.2) is 17.5 Å². The highest BCUT2D eigenvalue weighted by Gasteiger charge is 2.49. The average Bonchev–Trinajstić information content (AvgIpc) is 3.68. The van der Waals surface area contributed by atoms with Crippen LogP contribution in [0.2, 0.25) is 5.02 Å². The SMILES string of the molecule is Cc1cccc(Cl)c1-c1noc(C2CC2)c1COc1ccc2c(n1)C(F)(F)C(O)c1ccc(C(=O)O)cc1O2. The first-order chi connectivity index (χ1) is 18.6. The summed E-state index contributed by atoms with van der Waals surface area (Å²) in [5.41, 5.74) is 1.49. The molecule has 1 aliphatic heterocycles. The van der Waals surface area contributed by atoms with Crippen molar-refractivity contribution in [2.24, 2.45) is 0 Å². The third kappa shape index (κ3) is 4.39. The zero-order valence-corrected chi connectivity index (χ0v) is 21.2. The summed E-state index contributed by atoms with van der Waals surface area (Å²) in [7, 11) is 0. The highest BCUT2D eigenvalue weighted by atomic mass is 35.5. The fraction of sp³-hybridized carbons (Fsp3) is 0.250. The van der Waals surface area contributed by atoms with E-state index in [-0.39, 0.29) is 41.0 Å². The van der Waals surface area contributed by atoms with Gasteiger partial charge in [-0.15, -0.1) is 0 Å². The normalized spacial score (nSPS) is 17.5. The number of hydrogen-bond donors (Lipinski definition) is 2. The molecule has 39 heavy (non-hydrogen) atoms. The molecule has 2 aromatic heterocycles. The van der Waals surface area contributed by atoms with Gasteiger partial charge in [0.05, 0.1) is 16.1 Å². The van der Waals surface area contributed by atoms with Gasteiger partial charge in [0.25, 0.3) is 0 Å². The van der Waals surface area contributed by atoms with Crippen LogP contribution in [0.25, 0.3) is 11.3 Å². The molecule has 0 amide bonds. The van der Waals surface area contributed by atoms with Crippen LogP contribution >= 0.6 is 11.6 Å². The van der Waals surface area contributed by atoms with Crippen molar-refractivity contribution < 1.29 is 37.8 Å². The minimum Gasteiger partial charge on any atom is -0.478 e. The van der Waals surface area contributed by atoms with Gasteiger partial charge < -0.3 is 24.2 Å². The Morgan fingerprint density at radius 1 is 1.18 bits per heavy atom. The van der Waals surface area contributed by atoms with Crippen molar-refractivity contribution in [3.05, 3.63) is 87.3 Å². The summed E-state index contributed by atoms with van der Waals surface area (Å²) in [6, 6.07) is 11.4. The number of pyridine rings is 1. The molecule has 3 heterocycles. The fourth-order valence-electron chi connectivity index (χ4n) is 4.66. The quantitative estimate of drug-likeness (QED) is 0.268. The molecule has 11 heteroatoms. The zero-order valence-electron chi connectivity index (χ0n) is 20.5. The number of hydrogen-bond acceptors (Lipinski definition) is 7. The smallest absolute Gasteiger partial charge is 0.335 e. The lowest BCUT2D eigenvalue weighted by atomic mass is 9.99. The zero-order chi connectivity index (χ0) is 27.5. The summed E-state index contributed by atoms with van der Waals surface area (Å²) in [5, 5.41) is 24.6. The molecule has 2 aromatic carbocycles. The Balaban J connectivity index is 1.34. The van der Waals surface area contributed by atoms with Crippen molar-refractivity contribution in [3.8, 4) is 28.6 Å². The summed E-state index contributed by atoms with van der Waals surface area (Å²) >= 11 is 6.47. The molecule has 2 aliphatic rings. The number of benzene rings is 2. The molecule has 0 bridgehead atoms. The number of nitrogens with zero attached hydrogens (tertiary/aromatic N) is 2. The second-order valence-corrected chi connectivity index (χ2v) is 9.96. The van der Waals surface area contributed by atoms with Crippen molar-refractivity contribution in [1.82, 2.24) is 10.1 Å². The van der Waals surface area contributed by atoms with Crippen LogP contribution in [0.5, 0.6) is 17.4 Å². The molecule has 1 fully saturated rings. The first-order valence-electron chi connectivity index (χ1n) is 12.1. The molecule has 1 aliphatic carbocycles. The monoisotopic (exact) mass is 554 g/mol. The Hall–Kier alpha value is -4.02. The minimum atomic E-state index is -3.86. The highest BCUT2D eigenvalue weighted by molar-refractivity contribution is 6.33. The summed E-state index contributed by atoms with van der Waals surface area (Å²) < 4.78 is 48.0. The van der Waals surface area contributed by atoms with Crippen LogP contribution in [-0.2, 0) is 12.5 Å².